The number of ether oxygens (including phenoxy) is 1. The summed E-state index contributed by atoms with van der Waals surface area (Å²) in [6.45, 7) is 6.18. The van der Waals surface area contributed by atoms with Gasteiger partial charge in [-0.1, -0.05) is 37.3 Å². The number of carbonyl (C=O) groups excluding carboxylic acids is 3. The van der Waals surface area contributed by atoms with Crippen LogP contribution in [0.15, 0.2) is 29.3 Å². The Labute approximate surface area is 207 Å². The van der Waals surface area contributed by atoms with Gasteiger partial charge < -0.3 is 4.74 Å². The summed E-state index contributed by atoms with van der Waals surface area (Å²) < 4.78 is 19.2. The van der Waals surface area contributed by atoms with E-state index in [9.17, 15) is 18.8 Å². The summed E-state index contributed by atoms with van der Waals surface area (Å²) >= 11 is 2.06. The highest BCUT2D eigenvalue weighted by Gasteiger charge is 2.62. The number of fused-ring (bicyclic) bond motifs is 5. The molecule has 0 spiro atoms. The highest BCUT2D eigenvalue weighted by molar-refractivity contribution is 8.13. The lowest BCUT2D eigenvalue weighted by molar-refractivity contribution is -0.126. The summed E-state index contributed by atoms with van der Waals surface area (Å²) in [5.74, 6) is -0.0824. The summed E-state index contributed by atoms with van der Waals surface area (Å²) in [6, 6.07) is -0.693. The molecule has 182 valence electrons. The maximum atomic E-state index is 13.2. The monoisotopic (exact) mass is 503 g/mol. The average Bonchev–Trinajstić information content (AvgIpc) is 3.37. The second-order valence-corrected chi connectivity index (χ2v) is 12.4. The molecule has 0 saturated heterocycles. The Balaban J connectivity index is 1.52. The molecule has 5 nitrogen and oxygen atoms in total. The van der Waals surface area contributed by atoms with Crippen LogP contribution >= 0.6 is 23.1 Å². The number of alkyl halides is 1. The number of ketones is 1. The van der Waals surface area contributed by atoms with Gasteiger partial charge in [-0.25, -0.2) is 14.2 Å². The van der Waals surface area contributed by atoms with Crippen molar-refractivity contribution in [2.75, 3.05) is 6.01 Å². The number of hydrogen-bond acceptors (Lipinski definition) is 7. The smallest absolute Gasteiger partial charge is 0.350 e. The number of aryl methyl sites for hydroxylation is 1. The number of thioether (sulfide) groups is 1. The number of esters is 1. The van der Waals surface area contributed by atoms with E-state index in [2.05, 4.69) is 18.8 Å². The van der Waals surface area contributed by atoms with E-state index in [0.717, 1.165) is 43.0 Å². The van der Waals surface area contributed by atoms with E-state index in [-0.39, 0.29) is 57.5 Å². The van der Waals surface area contributed by atoms with Gasteiger partial charge in [-0.2, -0.15) is 0 Å². The van der Waals surface area contributed by atoms with E-state index < -0.39 is 6.01 Å². The first-order valence-electron chi connectivity index (χ1n) is 12.0. The lowest BCUT2D eigenvalue weighted by Crippen LogP contribution is -2.56. The van der Waals surface area contributed by atoms with Crippen molar-refractivity contribution in [1.29, 1.82) is 0 Å². The highest BCUT2D eigenvalue weighted by Crippen LogP contribution is 2.66. The lowest BCUT2D eigenvalue weighted by atomic mass is 9.47. The number of rotatable bonds is 4. The zero-order chi connectivity index (χ0) is 24.3. The highest BCUT2D eigenvalue weighted by atomic mass is 32.2. The summed E-state index contributed by atoms with van der Waals surface area (Å²) in [4.78, 5) is 42.9. The Hall–Kier alpha value is -1.80. The molecule has 8 heteroatoms. The molecule has 3 saturated carbocycles. The van der Waals surface area contributed by atoms with Gasteiger partial charge in [0, 0.05) is 23.7 Å². The van der Waals surface area contributed by atoms with Crippen LogP contribution in [0.4, 0.5) is 4.39 Å². The second kappa shape index (κ2) is 8.70. The van der Waals surface area contributed by atoms with E-state index in [0.29, 0.717) is 17.0 Å². The Kier molecular flexibility index (Phi) is 6.12. The molecule has 0 amide bonds. The van der Waals surface area contributed by atoms with E-state index in [1.54, 1.807) is 24.6 Å². The number of thiazole rings is 1. The molecule has 0 N–H and O–H groups in total. The maximum absolute atomic E-state index is 13.2. The number of halogens is 1. The van der Waals surface area contributed by atoms with Crippen LogP contribution in [-0.2, 0) is 14.3 Å². The third kappa shape index (κ3) is 3.63. The van der Waals surface area contributed by atoms with Crippen molar-refractivity contribution < 1.29 is 23.5 Å². The maximum Gasteiger partial charge on any atom is 0.350 e. The van der Waals surface area contributed by atoms with Crippen molar-refractivity contribution in [1.82, 2.24) is 4.98 Å². The first-order chi connectivity index (χ1) is 16.2. The lowest BCUT2D eigenvalue weighted by Gasteiger charge is -2.58. The first kappa shape index (κ1) is 23.9. The minimum atomic E-state index is -0.693. The molecular weight excluding hydrogens is 473 g/mol. The van der Waals surface area contributed by atoms with Crippen LogP contribution in [0.3, 0.4) is 0 Å². The average molecular weight is 504 g/mol. The predicted octanol–water partition coefficient (Wildman–Crippen LogP) is 5.70. The summed E-state index contributed by atoms with van der Waals surface area (Å²) in [5, 5.41) is -0.0504. The van der Waals surface area contributed by atoms with Crippen molar-refractivity contribution in [3.05, 3.63) is 39.9 Å². The molecule has 5 rings (SSSR count). The van der Waals surface area contributed by atoms with Crippen molar-refractivity contribution in [2.45, 2.75) is 59.0 Å². The van der Waals surface area contributed by atoms with Crippen molar-refractivity contribution in [3.63, 3.8) is 0 Å². The van der Waals surface area contributed by atoms with Crippen LogP contribution < -0.4 is 0 Å². The van der Waals surface area contributed by atoms with Crippen molar-refractivity contribution in [3.8, 4) is 0 Å². The van der Waals surface area contributed by atoms with Crippen molar-refractivity contribution >= 4 is 40.0 Å². The van der Waals surface area contributed by atoms with Gasteiger partial charge in [0.05, 0.1) is 11.2 Å². The number of hydrogen-bond donors (Lipinski definition) is 0. The van der Waals surface area contributed by atoms with Gasteiger partial charge >= 0.3 is 5.97 Å². The zero-order valence-electron chi connectivity index (χ0n) is 19.7. The first-order valence-corrected chi connectivity index (χ1v) is 13.8. The molecule has 4 aliphatic carbocycles. The van der Waals surface area contributed by atoms with E-state index in [1.165, 1.54) is 11.3 Å². The minimum absolute atomic E-state index is 0.0234. The fourth-order valence-corrected chi connectivity index (χ4v) is 8.87. The fourth-order valence-electron chi connectivity index (χ4n) is 7.49. The van der Waals surface area contributed by atoms with Gasteiger partial charge in [0.2, 0.25) is 0 Å². The largest absolute Gasteiger partial charge is 0.457 e. The van der Waals surface area contributed by atoms with Crippen LogP contribution in [0.1, 0.15) is 61.3 Å². The Bertz CT molecular complexity index is 1100. The number of allylic oxidation sites excluding steroid dienone is 3. The zero-order valence-corrected chi connectivity index (χ0v) is 21.3. The summed E-state index contributed by atoms with van der Waals surface area (Å²) in [6.07, 6.45) is 8.95. The Morgan fingerprint density at radius 2 is 2.06 bits per heavy atom. The Morgan fingerprint density at radius 1 is 1.26 bits per heavy atom. The van der Waals surface area contributed by atoms with Crippen LogP contribution in [0.2, 0.25) is 0 Å². The van der Waals surface area contributed by atoms with Crippen LogP contribution in [0.5, 0.6) is 0 Å². The molecule has 3 fully saturated rings. The van der Waals surface area contributed by atoms with E-state index in [1.807, 2.05) is 6.08 Å². The molecule has 0 bridgehead atoms. The van der Waals surface area contributed by atoms with Crippen molar-refractivity contribution in [2.24, 2.45) is 34.5 Å². The fraction of sp³-hybridized carbons (Fsp3) is 0.615. The topological polar surface area (TPSA) is 73.3 Å². The molecule has 1 unspecified atom stereocenters. The number of carbonyl (C=O) groups is 3. The van der Waals surface area contributed by atoms with E-state index in [4.69, 9.17) is 4.74 Å². The second-order valence-electron chi connectivity index (χ2n) is 10.6. The van der Waals surface area contributed by atoms with Gasteiger partial charge in [0.25, 0.3) is 0 Å². The Morgan fingerprint density at radius 3 is 2.76 bits per heavy atom. The van der Waals surface area contributed by atoms with Crippen LogP contribution in [0, 0.1) is 41.4 Å². The minimum Gasteiger partial charge on any atom is -0.457 e. The normalized spacial score (nSPS) is 38.5. The van der Waals surface area contributed by atoms with E-state index >= 15 is 0 Å². The van der Waals surface area contributed by atoms with Crippen LogP contribution in [0.25, 0.3) is 0 Å². The molecule has 7 atom stereocenters. The number of nitrogens with zero attached hydrogens (tertiary/aromatic N) is 1. The van der Waals surface area contributed by atoms with Gasteiger partial charge in [0.1, 0.15) is 17.0 Å². The summed E-state index contributed by atoms with van der Waals surface area (Å²) in [7, 11) is 0. The van der Waals surface area contributed by atoms with Crippen LogP contribution in [-0.4, -0.2) is 34.0 Å². The predicted molar refractivity (Wildman–Crippen MR) is 130 cm³/mol. The molecule has 34 heavy (non-hydrogen) atoms. The molecule has 1 aromatic heterocycles. The molecular formula is C26H30FNO4S2. The SMILES string of the molecule is Cc1ncsc1C(=O)O[C@@H]1CC2=CC(=O)C=C[C@]2(C)[C@H]2CC[C@]3(C)C(C(=O)SCF)CC[C@H]3[C@H]12. The molecule has 0 aliphatic heterocycles. The van der Waals surface area contributed by atoms with Gasteiger partial charge in [0.15, 0.2) is 10.9 Å². The third-order valence-corrected chi connectivity index (χ3v) is 10.8. The molecule has 1 aromatic rings. The molecule has 1 heterocycles. The summed E-state index contributed by atoms with van der Waals surface area (Å²) in [5.41, 5.74) is 2.83. The molecule has 0 radical (unpaired) electrons. The van der Waals surface area contributed by atoms with Gasteiger partial charge in [-0.05, 0) is 62.0 Å². The molecule has 0 aromatic carbocycles. The standard InChI is InChI=1S/C26H30FNO4S2/c1-14-22(34-13-28-14)23(30)32-20-11-15-10-16(29)6-8-25(15,2)18-7-9-26(3)17(21(18)20)4-5-19(26)24(31)33-12-27/h6,8,10,13,17-21H,4-5,7,9,11-12H2,1-3H3/t17-,18-,19?,20+,21-,25-,26-/m0/s1. The molecule has 4 aliphatic rings. The number of aromatic nitrogens is 1. The van der Waals surface area contributed by atoms with Gasteiger partial charge in [-0.15, -0.1) is 11.3 Å². The van der Waals surface area contributed by atoms with Gasteiger partial charge in [-0.3, -0.25) is 9.59 Å². The quantitative estimate of drug-likeness (QED) is 0.491. The third-order valence-electron chi connectivity index (χ3n) is 9.23.